The van der Waals surface area contributed by atoms with Gasteiger partial charge in [0, 0.05) is 30.5 Å². The number of hydrogen-bond acceptors (Lipinski definition) is 5. The van der Waals surface area contributed by atoms with Crippen LogP contribution in [-0.2, 0) is 6.42 Å². The number of para-hydroxylation sites is 1. The zero-order chi connectivity index (χ0) is 16.8. The van der Waals surface area contributed by atoms with Gasteiger partial charge in [0.2, 0.25) is 5.89 Å². The average molecular weight is 325 g/mol. The predicted molar refractivity (Wildman–Crippen MR) is 81.6 cm³/mol. The van der Waals surface area contributed by atoms with E-state index in [1.54, 1.807) is 18.2 Å². The second-order valence-corrected chi connectivity index (χ2v) is 5.54. The predicted octanol–water partition coefficient (Wildman–Crippen LogP) is 3.69. The molecule has 0 aliphatic rings. The first kappa shape index (κ1) is 17.3. The number of hydrogen-bond donors (Lipinski definition) is 1. The minimum Gasteiger partial charge on any atom is -0.434 e. The van der Waals surface area contributed by atoms with Crippen LogP contribution in [0.25, 0.3) is 0 Å². The summed E-state index contributed by atoms with van der Waals surface area (Å²) in [5, 5.41) is 7.15. The summed E-state index contributed by atoms with van der Waals surface area (Å²) in [5.74, 6) is 1.65. The van der Waals surface area contributed by atoms with E-state index in [4.69, 9.17) is 4.52 Å². The lowest BCUT2D eigenvalue weighted by atomic mass is 10.1. The molecule has 1 atom stereocenters. The smallest absolute Gasteiger partial charge is 0.387 e. The lowest BCUT2D eigenvalue weighted by Crippen LogP contribution is -2.22. The Bertz CT molecular complexity index is 617. The second-order valence-electron chi connectivity index (χ2n) is 5.54. The molecule has 0 aliphatic carbocycles. The van der Waals surface area contributed by atoms with Crippen molar-refractivity contribution in [3.63, 3.8) is 0 Å². The minimum atomic E-state index is -2.84. The second kappa shape index (κ2) is 8.01. The van der Waals surface area contributed by atoms with Gasteiger partial charge in [-0.25, -0.2) is 0 Å². The van der Waals surface area contributed by atoms with Crippen molar-refractivity contribution in [1.29, 1.82) is 0 Å². The van der Waals surface area contributed by atoms with Crippen molar-refractivity contribution in [2.45, 2.75) is 45.8 Å². The Balaban J connectivity index is 1.90. The van der Waals surface area contributed by atoms with Gasteiger partial charge in [0.15, 0.2) is 5.82 Å². The van der Waals surface area contributed by atoms with E-state index in [2.05, 4.69) is 20.2 Å². The summed E-state index contributed by atoms with van der Waals surface area (Å²) in [6, 6.07) is 6.61. The highest BCUT2D eigenvalue weighted by molar-refractivity contribution is 5.35. The van der Waals surface area contributed by atoms with Gasteiger partial charge in [-0.1, -0.05) is 37.2 Å². The molecular weight excluding hydrogens is 304 g/mol. The van der Waals surface area contributed by atoms with Crippen molar-refractivity contribution in [2.75, 3.05) is 6.54 Å². The molecule has 0 bridgehead atoms. The minimum absolute atomic E-state index is 0.141. The van der Waals surface area contributed by atoms with Gasteiger partial charge < -0.3 is 14.6 Å². The number of aromatic nitrogens is 2. The highest BCUT2D eigenvalue weighted by atomic mass is 19.3. The molecule has 0 radical (unpaired) electrons. The van der Waals surface area contributed by atoms with E-state index in [0.29, 0.717) is 30.2 Å². The molecule has 7 heteroatoms. The van der Waals surface area contributed by atoms with Gasteiger partial charge in [0.25, 0.3) is 0 Å². The SMILES string of the molecule is CC(C)c1noc(CCNC(C)c2ccccc2OC(F)F)n1. The van der Waals surface area contributed by atoms with Gasteiger partial charge in [-0.3, -0.25) is 0 Å². The molecule has 1 aromatic heterocycles. The maximum atomic E-state index is 12.4. The Morgan fingerprint density at radius 1 is 1.22 bits per heavy atom. The first-order valence-electron chi connectivity index (χ1n) is 7.57. The third-order valence-electron chi connectivity index (χ3n) is 3.39. The summed E-state index contributed by atoms with van der Waals surface area (Å²) in [7, 11) is 0. The number of halogens is 2. The third-order valence-corrected chi connectivity index (χ3v) is 3.39. The van der Waals surface area contributed by atoms with Crippen LogP contribution in [0.5, 0.6) is 5.75 Å². The number of alkyl halides is 2. The van der Waals surface area contributed by atoms with Crippen molar-refractivity contribution in [2.24, 2.45) is 0 Å². The van der Waals surface area contributed by atoms with Crippen LogP contribution in [-0.4, -0.2) is 23.3 Å². The van der Waals surface area contributed by atoms with Gasteiger partial charge in [-0.15, -0.1) is 0 Å². The van der Waals surface area contributed by atoms with Gasteiger partial charge in [-0.05, 0) is 13.0 Å². The Kier molecular flexibility index (Phi) is 6.04. The molecule has 23 heavy (non-hydrogen) atoms. The number of benzene rings is 1. The topological polar surface area (TPSA) is 60.2 Å². The molecule has 126 valence electrons. The summed E-state index contributed by atoms with van der Waals surface area (Å²) in [4.78, 5) is 4.29. The number of ether oxygens (including phenoxy) is 1. The summed E-state index contributed by atoms with van der Waals surface area (Å²) in [6.07, 6.45) is 0.571. The molecule has 1 unspecified atom stereocenters. The van der Waals surface area contributed by atoms with Crippen LogP contribution < -0.4 is 10.1 Å². The van der Waals surface area contributed by atoms with Crippen LogP contribution in [0, 0.1) is 0 Å². The van der Waals surface area contributed by atoms with Crippen LogP contribution in [0.3, 0.4) is 0 Å². The molecule has 1 N–H and O–H groups in total. The van der Waals surface area contributed by atoms with E-state index < -0.39 is 6.61 Å². The van der Waals surface area contributed by atoms with Gasteiger partial charge in [-0.2, -0.15) is 13.8 Å². The maximum absolute atomic E-state index is 12.4. The van der Waals surface area contributed by atoms with Gasteiger partial charge in [0.1, 0.15) is 5.75 Å². The Morgan fingerprint density at radius 2 is 1.96 bits per heavy atom. The zero-order valence-electron chi connectivity index (χ0n) is 13.4. The van der Waals surface area contributed by atoms with E-state index in [1.165, 1.54) is 6.07 Å². The highest BCUT2D eigenvalue weighted by Crippen LogP contribution is 2.26. The lowest BCUT2D eigenvalue weighted by Gasteiger charge is -2.17. The molecule has 0 amide bonds. The average Bonchev–Trinajstić information content (AvgIpc) is 2.96. The molecule has 1 aromatic carbocycles. The van der Waals surface area contributed by atoms with Gasteiger partial charge >= 0.3 is 6.61 Å². The Labute approximate surface area is 134 Å². The quantitative estimate of drug-likeness (QED) is 0.802. The van der Waals surface area contributed by atoms with Crippen molar-refractivity contribution >= 4 is 0 Å². The van der Waals surface area contributed by atoms with E-state index in [-0.39, 0.29) is 17.7 Å². The van der Waals surface area contributed by atoms with E-state index >= 15 is 0 Å². The fourth-order valence-corrected chi connectivity index (χ4v) is 2.15. The molecule has 0 saturated heterocycles. The molecule has 2 rings (SSSR count). The molecule has 5 nitrogen and oxygen atoms in total. The summed E-state index contributed by atoms with van der Waals surface area (Å²) < 4.78 is 34.6. The number of nitrogens with zero attached hydrogens (tertiary/aromatic N) is 2. The summed E-state index contributed by atoms with van der Waals surface area (Å²) in [6.45, 7) is 3.63. The van der Waals surface area contributed by atoms with E-state index in [0.717, 1.165) is 0 Å². The first-order valence-corrected chi connectivity index (χ1v) is 7.57. The normalized spacial score (nSPS) is 12.8. The molecular formula is C16H21F2N3O2. The monoisotopic (exact) mass is 325 g/mol. The van der Waals surface area contributed by atoms with Gasteiger partial charge in [0.05, 0.1) is 0 Å². The van der Waals surface area contributed by atoms with Crippen molar-refractivity contribution in [3.8, 4) is 5.75 Å². The lowest BCUT2D eigenvalue weighted by molar-refractivity contribution is -0.0506. The Morgan fingerprint density at radius 3 is 2.61 bits per heavy atom. The highest BCUT2D eigenvalue weighted by Gasteiger charge is 2.15. The molecule has 0 fully saturated rings. The van der Waals surface area contributed by atoms with Crippen LogP contribution in [0.1, 0.15) is 50.0 Å². The largest absolute Gasteiger partial charge is 0.434 e. The number of nitrogens with one attached hydrogen (secondary N) is 1. The standard InChI is InChI=1S/C16H21F2N3O2/c1-10(2)15-20-14(23-21-15)8-9-19-11(3)12-6-4-5-7-13(12)22-16(17)18/h4-7,10-11,16,19H,8-9H2,1-3H3. The van der Waals surface area contributed by atoms with Crippen molar-refractivity contribution < 1.29 is 18.0 Å². The van der Waals surface area contributed by atoms with Crippen LogP contribution in [0.15, 0.2) is 28.8 Å². The molecule has 1 heterocycles. The fourth-order valence-electron chi connectivity index (χ4n) is 2.15. The van der Waals surface area contributed by atoms with Crippen LogP contribution >= 0.6 is 0 Å². The molecule has 2 aromatic rings. The molecule has 0 aliphatic heterocycles. The first-order chi connectivity index (χ1) is 11.0. The van der Waals surface area contributed by atoms with E-state index in [1.807, 2.05) is 20.8 Å². The van der Waals surface area contributed by atoms with Crippen LogP contribution in [0.4, 0.5) is 8.78 Å². The maximum Gasteiger partial charge on any atom is 0.387 e. The Hall–Kier alpha value is -2.02. The zero-order valence-corrected chi connectivity index (χ0v) is 13.4. The fraction of sp³-hybridized carbons (Fsp3) is 0.500. The van der Waals surface area contributed by atoms with Crippen molar-refractivity contribution in [1.82, 2.24) is 15.5 Å². The molecule has 0 spiro atoms. The third kappa shape index (κ3) is 4.99. The molecule has 0 saturated carbocycles. The van der Waals surface area contributed by atoms with Crippen molar-refractivity contribution in [3.05, 3.63) is 41.5 Å². The van der Waals surface area contributed by atoms with E-state index in [9.17, 15) is 8.78 Å². The van der Waals surface area contributed by atoms with Crippen LogP contribution in [0.2, 0.25) is 0 Å². The summed E-state index contributed by atoms with van der Waals surface area (Å²) in [5.41, 5.74) is 0.682. The number of rotatable bonds is 8. The summed E-state index contributed by atoms with van der Waals surface area (Å²) >= 11 is 0.